The van der Waals surface area contributed by atoms with Gasteiger partial charge in [0.1, 0.15) is 12.0 Å². The summed E-state index contributed by atoms with van der Waals surface area (Å²) in [6, 6.07) is 7.82. The first kappa shape index (κ1) is 14.9. The van der Waals surface area contributed by atoms with E-state index in [1.807, 2.05) is 49.9 Å². The van der Waals surface area contributed by atoms with E-state index >= 15 is 0 Å². The Hall–Kier alpha value is -1.55. The van der Waals surface area contributed by atoms with Gasteiger partial charge in [-0.2, -0.15) is 0 Å². The maximum atomic E-state index is 12.4. The summed E-state index contributed by atoms with van der Waals surface area (Å²) in [6.45, 7) is 6.60. The number of carbonyl (C=O) groups is 1. The second-order valence-electron chi connectivity index (χ2n) is 5.80. The summed E-state index contributed by atoms with van der Waals surface area (Å²) in [5, 5.41) is 0. The number of ether oxygens (including phenoxy) is 2. The van der Waals surface area contributed by atoms with E-state index in [1.54, 1.807) is 7.11 Å². The Morgan fingerprint density at radius 3 is 2.75 bits per heavy atom. The van der Waals surface area contributed by atoms with Gasteiger partial charge in [-0.15, -0.1) is 0 Å². The number of benzene rings is 1. The molecule has 1 amide bonds. The molecule has 4 heteroatoms. The number of nitrogens with zero attached hydrogens (tertiary/aromatic N) is 1. The number of hydrogen-bond donors (Lipinski definition) is 0. The van der Waals surface area contributed by atoms with E-state index in [0.29, 0.717) is 19.4 Å². The fourth-order valence-electron chi connectivity index (χ4n) is 2.77. The highest BCUT2D eigenvalue weighted by molar-refractivity contribution is 5.77. The van der Waals surface area contributed by atoms with Gasteiger partial charge in [-0.25, -0.2) is 0 Å². The third-order valence-electron chi connectivity index (χ3n) is 3.76. The molecule has 0 aliphatic carbocycles. The van der Waals surface area contributed by atoms with Crippen molar-refractivity contribution in [2.45, 2.75) is 45.4 Å². The number of aryl methyl sites for hydroxylation is 1. The molecule has 0 aromatic heterocycles. The highest BCUT2D eigenvalue weighted by Crippen LogP contribution is 2.28. The van der Waals surface area contributed by atoms with Crippen LogP contribution in [0.25, 0.3) is 0 Å². The molecule has 1 heterocycles. The molecule has 1 aliphatic rings. The van der Waals surface area contributed by atoms with Gasteiger partial charge in [0.2, 0.25) is 5.91 Å². The van der Waals surface area contributed by atoms with Crippen LogP contribution in [0, 0.1) is 0 Å². The molecule has 1 fully saturated rings. The lowest BCUT2D eigenvalue weighted by Crippen LogP contribution is -2.47. The smallest absolute Gasteiger partial charge is 0.225 e. The van der Waals surface area contributed by atoms with Crippen molar-refractivity contribution in [2.24, 2.45) is 0 Å². The zero-order chi connectivity index (χ0) is 14.8. The Kier molecular flexibility index (Phi) is 4.33. The van der Waals surface area contributed by atoms with E-state index in [4.69, 9.17) is 9.47 Å². The third-order valence-corrected chi connectivity index (χ3v) is 3.76. The van der Waals surface area contributed by atoms with Gasteiger partial charge in [-0.05, 0) is 38.8 Å². The van der Waals surface area contributed by atoms with E-state index < -0.39 is 0 Å². The Bertz CT molecular complexity index is 484. The Morgan fingerprint density at radius 2 is 2.15 bits per heavy atom. The lowest BCUT2D eigenvalue weighted by atomic mass is 10.0. The Labute approximate surface area is 120 Å². The number of para-hydroxylation sites is 1. The van der Waals surface area contributed by atoms with Gasteiger partial charge in [-0.1, -0.05) is 18.2 Å². The second kappa shape index (κ2) is 5.83. The molecule has 0 bridgehead atoms. The summed E-state index contributed by atoms with van der Waals surface area (Å²) in [7, 11) is 1.65. The molecular formula is C16H23NO3. The molecule has 4 nitrogen and oxygen atoms in total. The number of rotatable bonds is 4. The summed E-state index contributed by atoms with van der Waals surface area (Å²) < 4.78 is 10.9. The predicted molar refractivity (Wildman–Crippen MR) is 77.7 cm³/mol. The van der Waals surface area contributed by atoms with Crippen LogP contribution in [-0.2, 0) is 16.0 Å². The molecule has 0 radical (unpaired) electrons. The van der Waals surface area contributed by atoms with Crippen molar-refractivity contribution in [2.75, 3.05) is 13.7 Å². The molecule has 0 saturated carbocycles. The monoisotopic (exact) mass is 277 g/mol. The average molecular weight is 277 g/mol. The van der Waals surface area contributed by atoms with Gasteiger partial charge in [0.05, 0.1) is 19.3 Å². The lowest BCUT2D eigenvalue weighted by Gasteiger charge is -2.32. The Morgan fingerprint density at radius 1 is 1.45 bits per heavy atom. The SMILES string of the molecule is COc1ccccc1CCC(=O)N1C(C)OCC1(C)C. The van der Waals surface area contributed by atoms with E-state index in [9.17, 15) is 4.79 Å². The molecule has 1 aromatic rings. The van der Waals surface area contributed by atoms with Crippen LogP contribution in [0.4, 0.5) is 0 Å². The molecule has 2 rings (SSSR count). The van der Waals surface area contributed by atoms with Crippen molar-refractivity contribution in [3.8, 4) is 5.75 Å². The molecule has 0 N–H and O–H groups in total. The first-order chi connectivity index (χ1) is 9.45. The van der Waals surface area contributed by atoms with Gasteiger partial charge >= 0.3 is 0 Å². The molecule has 1 aromatic carbocycles. The number of hydrogen-bond acceptors (Lipinski definition) is 3. The maximum Gasteiger partial charge on any atom is 0.225 e. The van der Waals surface area contributed by atoms with Crippen LogP contribution in [0.5, 0.6) is 5.75 Å². The summed E-state index contributed by atoms with van der Waals surface area (Å²) >= 11 is 0. The van der Waals surface area contributed by atoms with Crippen LogP contribution in [-0.4, -0.2) is 36.3 Å². The zero-order valence-corrected chi connectivity index (χ0v) is 12.7. The summed E-state index contributed by atoms with van der Waals surface area (Å²) in [6.07, 6.45) is 1.01. The zero-order valence-electron chi connectivity index (χ0n) is 12.7. The number of methoxy groups -OCH3 is 1. The number of amides is 1. The van der Waals surface area contributed by atoms with E-state index in [0.717, 1.165) is 11.3 Å². The molecular weight excluding hydrogens is 254 g/mol. The lowest BCUT2D eigenvalue weighted by molar-refractivity contribution is -0.139. The molecule has 20 heavy (non-hydrogen) atoms. The van der Waals surface area contributed by atoms with Crippen molar-refractivity contribution < 1.29 is 14.3 Å². The standard InChI is InChI=1S/C16H23NO3/c1-12-17(16(2,3)11-20-12)15(18)10-9-13-7-5-6-8-14(13)19-4/h5-8,12H,9-11H2,1-4H3. The van der Waals surface area contributed by atoms with Gasteiger partial charge < -0.3 is 14.4 Å². The predicted octanol–water partition coefficient (Wildman–Crippen LogP) is 2.61. The van der Waals surface area contributed by atoms with Crippen LogP contribution in [0.2, 0.25) is 0 Å². The molecule has 1 saturated heterocycles. The van der Waals surface area contributed by atoms with E-state index in [-0.39, 0.29) is 17.7 Å². The summed E-state index contributed by atoms with van der Waals surface area (Å²) in [5.41, 5.74) is 0.839. The fourth-order valence-corrected chi connectivity index (χ4v) is 2.77. The first-order valence-corrected chi connectivity index (χ1v) is 7.01. The molecule has 1 atom stereocenters. The largest absolute Gasteiger partial charge is 0.496 e. The van der Waals surface area contributed by atoms with Gasteiger partial charge in [-0.3, -0.25) is 4.79 Å². The fraction of sp³-hybridized carbons (Fsp3) is 0.562. The third kappa shape index (κ3) is 2.96. The quantitative estimate of drug-likeness (QED) is 0.849. The van der Waals surface area contributed by atoms with Crippen molar-refractivity contribution in [3.05, 3.63) is 29.8 Å². The van der Waals surface area contributed by atoms with Gasteiger partial charge in [0.15, 0.2) is 0 Å². The topological polar surface area (TPSA) is 38.8 Å². The van der Waals surface area contributed by atoms with E-state index in [1.165, 1.54) is 0 Å². The minimum absolute atomic E-state index is 0.130. The van der Waals surface area contributed by atoms with Crippen LogP contribution in [0.3, 0.4) is 0 Å². The van der Waals surface area contributed by atoms with E-state index in [2.05, 4.69) is 0 Å². The first-order valence-electron chi connectivity index (χ1n) is 7.01. The highest BCUT2D eigenvalue weighted by Gasteiger charge is 2.40. The van der Waals surface area contributed by atoms with Crippen LogP contribution in [0.15, 0.2) is 24.3 Å². The van der Waals surface area contributed by atoms with Crippen molar-refractivity contribution >= 4 is 5.91 Å². The van der Waals surface area contributed by atoms with Crippen LogP contribution >= 0.6 is 0 Å². The molecule has 1 aliphatic heterocycles. The van der Waals surface area contributed by atoms with Crippen molar-refractivity contribution in [1.29, 1.82) is 0 Å². The summed E-state index contributed by atoms with van der Waals surface area (Å²) in [4.78, 5) is 14.3. The van der Waals surface area contributed by atoms with Crippen molar-refractivity contribution in [1.82, 2.24) is 4.90 Å². The average Bonchev–Trinajstić information content (AvgIpc) is 2.70. The van der Waals surface area contributed by atoms with Gasteiger partial charge in [0, 0.05) is 6.42 Å². The highest BCUT2D eigenvalue weighted by atomic mass is 16.5. The molecule has 110 valence electrons. The minimum atomic E-state index is -0.225. The summed E-state index contributed by atoms with van der Waals surface area (Å²) in [5.74, 6) is 0.969. The molecule has 0 spiro atoms. The second-order valence-corrected chi connectivity index (χ2v) is 5.80. The maximum absolute atomic E-state index is 12.4. The van der Waals surface area contributed by atoms with Gasteiger partial charge in [0.25, 0.3) is 0 Å². The number of carbonyl (C=O) groups excluding carboxylic acids is 1. The van der Waals surface area contributed by atoms with Crippen molar-refractivity contribution in [3.63, 3.8) is 0 Å². The minimum Gasteiger partial charge on any atom is -0.496 e. The normalized spacial score (nSPS) is 21.0. The van der Waals surface area contributed by atoms with Crippen LogP contribution in [0.1, 0.15) is 32.8 Å². The Balaban J connectivity index is 2.02. The molecule has 1 unspecified atom stereocenters. The van der Waals surface area contributed by atoms with Crippen LogP contribution < -0.4 is 4.74 Å².